The average molecular weight is 410 g/mol. The molecule has 4 nitrogen and oxygen atoms in total. The molecule has 170 valence electrons. The highest BCUT2D eigenvalue weighted by Gasteiger charge is 2.23. The van der Waals surface area contributed by atoms with Crippen molar-refractivity contribution in [2.45, 2.75) is 94.5 Å². The molecule has 29 heavy (non-hydrogen) atoms. The summed E-state index contributed by atoms with van der Waals surface area (Å²) in [7, 11) is 1.80. The third-order valence-electron chi connectivity index (χ3n) is 4.75. The first-order valence-corrected chi connectivity index (χ1v) is 11.1. The molecule has 0 fully saturated rings. The molecule has 4 heteroatoms. The van der Waals surface area contributed by atoms with E-state index in [1.807, 2.05) is 26.0 Å². The summed E-state index contributed by atoms with van der Waals surface area (Å²) in [4.78, 5) is 26.2. The zero-order valence-electron chi connectivity index (χ0n) is 21.0. The molecule has 0 bridgehead atoms. The van der Waals surface area contributed by atoms with Crippen molar-refractivity contribution in [1.82, 2.24) is 4.90 Å². The van der Waals surface area contributed by atoms with Crippen molar-refractivity contribution in [3.05, 3.63) is 23.8 Å². The summed E-state index contributed by atoms with van der Waals surface area (Å²) >= 11 is 0. The number of rotatable bonds is 9. The summed E-state index contributed by atoms with van der Waals surface area (Å²) in [5.74, 6) is 0.384. The maximum absolute atomic E-state index is 12.6. The largest absolute Gasteiger partial charge is 0.463 e. The number of carbonyl (C=O) groups excluding carboxylic acids is 2. The normalized spacial score (nSPS) is 14.3. The molecule has 0 aliphatic rings. The molecule has 1 unspecified atom stereocenters. The highest BCUT2D eigenvalue weighted by Crippen LogP contribution is 2.29. The molecule has 0 saturated heterocycles. The number of ether oxygens (including phenoxy) is 1. The molecule has 0 aromatic heterocycles. The fraction of sp³-hybridized carbons (Fsp3) is 0.760. The predicted octanol–water partition coefficient (Wildman–Crippen LogP) is 6.41. The minimum atomic E-state index is -0.324. The Morgan fingerprint density at radius 2 is 1.59 bits per heavy atom. The maximum Gasteiger partial charge on any atom is 0.333 e. The molecule has 0 heterocycles. The third-order valence-corrected chi connectivity index (χ3v) is 4.75. The Morgan fingerprint density at radius 3 is 1.97 bits per heavy atom. The second-order valence-corrected chi connectivity index (χ2v) is 9.03. The predicted molar refractivity (Wildman–Crippen MR) is 125 cm³/mol. The lowest BCUT2D eigenvalue weighted by Crippen LogP contribution is -2.39. The van der Waals surface area contributed by atoms with E-state index in [0.717, 1.165) is 6.42 Å². The van der Waals surface area contributed by atoms with Crippen molar-refractivity contribution in [2.75, 3.05) is 13.7 Å². The Hall–Kier alpha value is -1.58. The van der Waals surface area contributed by atoms with Crippen molar-refractivity contribution < 1.29 is 14.3 Å². The highest BCUT2D eigenvalue weighted by molar-refractivity contribution is 5.88. The molecule has 0 N–H and O–H groups in total. The van der Waals surface area contributed by atoms with Crippen LogP contribution in [0.15, 0.2) is 23.8 Å². The molecule has 0 rings (SSSR count). The van der Waals surface area contributed by atoms with Crippen LogP contribution in [0.5, 0.6) is 0 Å². The van der Waals surface area contributed by atoms with Gasteiger partial charge in [0.05, 0.1) is 12.6 Å². The second kappa shape index (κ2) is 15.3. The molecule has 0 aliphatic carbocycles. The second-order valence-electron chi connectivity index (χ2n) is 9.03. The van der Waals surface area contributed by atoms with E-state index < -0.39 is 0 Å². The van der Waals surface area contributed by atoms with Crippen LogP contribution in [0.4, 0.5) is 0 Å². The van der Waals surface area contributed by atoms with E-state index in [-0.39, 0.29) is 29.3 Å². The van der Waals surface area contributed by atoms with Crippen LogP contribution in [0.3, 0.4) is 0 Å². The fourth-order valence-electron chi connectivity index (χ4n) is 3.00. The molecule has 0 aromatic rings. The Morgan fingerprint density at radius 1 is 1.07 bits per heavy atom. The summed E-state index contributed by atoms with van der Waals surface area (Å²) in [6.07, 6.45) is 8.67. The number of hydrogen-bond acceptors (Lipinski definition) is 3. The van der Waals surface area contributed by atoms with Gasteiger partial charge in [-0.2, -0.15) is 0 Å². The van der Waals surface area contributed by atoms with Crippen LogP contribution in [-0.2, 0) is 14.3 Å². The van der Waals surface area contributed by atoms with Crippen LogP contribution in [0, 0.1) is 17.3 Å². The molecular weight excluding hydrogens is 362 g/mol. The van der Waals surface area contributed by atoms with Gasteiger partial charge < -0.3 is 9.64 Å². The fourth-order valence-corrected chi connectivity index (χ4v) is 3.00. The van der Waals surface area contributed by atoms with Gasteiger partial charge in [0.25, 0.3) is 0 Å². The van der Waals surface area contributed by atoms with Gasteiger partial charge in [-0.3, -0.25) is 4.79 Å². The summed E-state index contributed by atoms with van der Waals surface area (Å²) in [6.45, 7) is 21.0. The third kappa shape index (κ3) is 12.6. The van der Waals surface area contributed by atoms with Crippen LogP contribution in [0.1, 0.15) is 88.5 Å². The van der Waals surface area contributed by atoms with E-state index in [9.17, 15) is 9.59 Å². The van der Waals surface area contributed by atoms with Crippen LogP contribution in [-0.4, -0.2) is 36.5 Å². The maximum atomic E-state index is 12.6. The Balaban J connectivity index is 0. The first-order valence-electron chi connectivity index (χ1n) is 11.1. The lowest BCUT2D eigenvalue weighted by molar-refractivity contribution is -0.138. The lowest BCUT2D eigenvalue weighted by Gasteiger charge is -2.29. The van der Waals surface area contributed by atoms with Crippen LogP contribution < -0.4 is 0 Å². The quantitative estimate of drug-likeness (QED) is 0.251. The SMILES string of the molecule is CCC.CCOC(=O)/C(C)=C/C(C(C)C)N(C)C(=O)C/C=C/[C@@H](CC)C(C)(C)C. The Labute approximate surface area is 180 Å². The molecule has 0 aliphatic heterocycles. The molecule has 0 saturated carbocycles. The summed E-state index contributed by atoms with van der Waals surface area (Å²) in [5.41, 5.74) is 0.736. The number of amides is 1. The number of likely N-dealkylation sites (N-methyl/N-ethyl adjacent to an activating group) is 1. The number of carbonyl (C=O) groups is 2. The minimum absolute atomic E-state index is 0.0524. The van der Waals surface area contributed by atoms with Gasteiger partial charge in [0.2, 0.25) is 5.91 Å². The van der Waals surface area contributed by atoms with Crippen molar-refractivity contribution in [3.8, 4) is 0 Å². The van der Waals surface area contributed by atoms with Gasteiger partial charge in [-0.15, -0.1) is 0 Å². The first-order chi connectivity index (χ1) is 13.4. The smallest absolute Gasteiger partial charge is 0.333 e. The zero-order valence-corrected chi connectivity index (χ0v) is 21.0. The summed E-state index contributed by atoms with van der Waals surface area (Å²) in [6, 6.07) is -0.134. The van der Waals surface area contributed by atoms with Gasteiger partial charge in [0.1, 0.15) is 0 Å². The topological polar surface area (TPSA) is 46.6 Å². The van der Waals surface area contributed by atoms with E-state index in [4.69, 9.17) is 4.74 Å². The molecule has 0 aromatic carbocycles. The molecule has 2 atom stereocenters. The van der Waals surface area contributed by atoms with Crippen molar-refractivity contribution in [2.24, 2.45) is 17.3 Å². The minimum Gasteiger partial charge on any atom is -0.463 e. The molecular formula is C25H47NO3. The van der Waals surface area contributed by atoms with Crippen LogP contribution in [0.25, 0.3) is 0 Å². The molecule has 0 spiro atoms. The number of esters is 1. The zero-order chi connectivity index (χ0) is 23.2. The van der Waals surface area contributed by atoms with Gasteiger partial charge >= 0.3 is 5.97 Å². The monoisotopic (exact) mass is 409 g/mol. The van der Waals surface area contributed by atoms with E-state index in [1.54, 1.807) is 25.8 Å². The van der Waals surface area contributed by atoms with Gasteiger partial charge in [-0.1, -0.05) is 80.0 Å². The van der Waals surface area contributed by atoms with E-state index >= 15 is 0 Å². The van der Waals surface area contributed by atoms with E-state index in [0.29, 0.717) is 24.5 Å². The van der Waals surface area contributed by atoms with Gasteiger partial charge in [-0.05, 0) is 37.5 Å². The highest BCUT2D eigenvalue weighted by atomic mass is 16.5. The first kappa shape index (κ1) is 29.6. The molecule has 1 amide bonds. The van der Waals surface area contributed by atoms with Gasteiger partial charge in [-0.25, -0.2) is 4.79 Å². The van der Waals surface area contributed by atoms with E-state index in [2.05, 4.69) is 47.6 Å². The van der Waals surface area contributed by atoms with Gasteiger partial charge in [0, 0.05) is 19.0 Å². The number of allylic oxidation sites excluding steroid dienone is 1. The molecule has 0 radical (unpaired) electrons. The number of nitrogens with zero attached hydrogens (tertiary/aromatic N) is 1. The van der Waals surface area contributed by atoms with Gasteiger partial charge in [0.15, 0.2) is 0 Å². The lowest BCUT2D eigenvalue weighted by atomic mass is 9.79. The Bertz CT molecular complexity index is 527. The van der Waals surface area contributed by atoms with Crippen LogP contribution >= 0.6 is 0 Å². The summed E-state index contributed by atoms with van der Waals surface area (Å²) in [5, 5.41) is 0. The van der Waals surface area contributed by atoms with Crippen molar-refractivity contribution in [3.63, 3.8) is 0 Å². The summed E-state index contributed by atoms with van der Waals surface area (Å²) < 4.78 is 5.04. The van der Waals surface area contributed by atoms with Crippen molar-refractivity contribution in [1.29, 1.82) is 0 Å². The average Bonchev–Trinajstić information content (AvgIpc) is 2.61. The number of hydrogen-bond donors (Lipinski definition) is 0. The Kier molecular flexibility index (Phi) is 15.6. The van der Waals surface area contributed by atoms with E-state index in [1.165, 1.54) is 6.42 Å². The standard InChI is InChI=1S/C22H39NO3.C3H8/c1-10-18(22(6,7)8)13-12-14-20(24)23(9)19(16(3)4)15-17(5)21(25)26-11-2;1-3-2/h12-13,15-16,18-19H,10-11,14H2,1-9H3;3H2,1-2H3/b13-12+,17-15+;/t18-,19?;/m1./s1. The van der Waals surface area contributed by atoms with Crippen LogP contribution in [0.2, 0.25) is 0 Å². The van der Waals surface area contributed by atoms with Crippen molar-refractivity contribution >= 4 is 11.9 Å².